The maximum Gasteiger partial charge on any atom is 0.241 e. The van der Waals surface area contributed by atoms with Crippen LogP contribution in [0.3, 0.4) is 0 Å². The molecule has 1 amide bonds. The first-order valence-corrected chi connectivity index (χ1v) is 10.9. The summed E-state index contributed by atoms with van der Waals surface area (Å²) >= 11 is 6.11. The van der Waals surface area contributed by atoms with Crippen molar-refractivity contribution in [2.24, 2.45) is 0 Å². The Morgan fingerprint density at radius 3 is 2.39 bits per heavy atom. The molecule has 2 aromatic rings. The maximum absolute atomic E-state index is 12.5. The topological polar surface area (TPSA) is 75.7 Å². The van der Waals surface area contributed by atoms with Gasteiger partial charge in [-0.25, -0.2) is 8.42 Å². The number of methoxy groups -OCH3 is 1. The van der Waals surface area contributed by atoms with E-state index in [1.165, 1.54) is 18.7 Å². The molecule has 2 aromatic carbocycles. The number of rotatable bonds is 7. The lowest BCUT2D eigenvalue weighted by molar-refractivity contribution is -0.120. The van der Waals surface area contributed by atoms with Crippen LogP contribution in [0.2, 0.25) is 5.02 Å². The number of hydrogen-bond donors (Lipinski definition) is 1. The van der Waals surface area contributed by atoms with Gasteiger partial charge in [-0.2, -0.15) is 0 Å². The van der Waals surface area contributed by atoms with Gasteiger partial charge in [-0.05, 0) is 55.7 Å². The molecule has 2 rings (SSSR count). The minimum atomic E-state index is -3.69. The van der Waals surface area contributed by atoms with Crippen LogP contribution in [0.5, 0.6) is 5.75 Å². The number of carbonyl (C=O) groups excluding carboxylic acids is 1. The molecule has 0 aliphatic carbocycles. The van der Waals surface area contributed by atoms with Crippen molar-refractivity contribution in [1.29, 1.82) is 0 Å². The van der Waals surface area contributed by atoms with Crippen LogP contribution in [0.1, 0.15) is 29.7 Å². The number of halogens is 1. The Kier molecular flexibility index (Phi) is 6.96. The van der Waals surface area contributed by atoms with Gasteiger partial charge in [0.15, 0.2) is 0 Å². The fourth-order valence-corrected chi connectivity index (χ4v) is 3.85. The fourth-order valence-electron chi connectivity index (χ4n) is 2.75. The van der Waals surface area contributed by atoms with Crippen LogP contribution in [-0.4, -0.2) is 34.2 Å². The summed E-state index contributed by atoms with van der Waals surface area (Å²) in [5.74, 6) is 0.00905. The predicted molar refractivity (Wildman–Crippen MR) is 113 cm³/mol. The van der Waals surface area contributed by atoms with Crippen LogP contribution in [0, 0.1) is 13.8 Å². The highest BCUT2D eigenvalue weighted by molar-refractivity contribution is 7.92. The summed E-state index contributed by atoms with van der Waals surface area (Å²) in [6.07, 6.45) is 1.05. The molecule has 0 aliphatic heterocycles. The lowest BCUT2D eigenvalue weighted by atomic mass is 10.0. The number of nitrogens with zero attached hydrogens (tertiary/aromatic N) is 1. The van der Waals surface area contributed by atoms with Crippen LogP contribution in [0.15, 0.2) is 36.4 Å². The number of carbonyl (C=O) groups is 1. The van der Waals surface area contributed by atoms with Gasteiger partial charge in [-0.15, -0.1) is 0 Å². The molecule has 0 unspecified atom stereocenters. The van der Waals surface area contributed by atoms with Gasteiger partial charge in [0, 0.05) is 0 Å². The zero-order valence-electron chi connectivity index (χ0n) is 16.6. The molecule has 152 valence electrons. The number of sulfonamides is 1. The van der Waals surface area contributed by atoms with Gasteiger partial charge in [0.25, 0.3) is 0 Å². The Labute approximate surface area is 171 Å². The maximum atomic E-state index is 12.5. The van der Waals surface area contributed by atoms with E-state index in [9.17, 15) is 13.2 Å². The summed E-state index contributed by atoms with van der Waals surface area (Å²) in [7, 11) is -2.22. The van der Waals surface area contributed by atoms with Crippen molar-refractivity contribution in [3.63, 3.8) is 0 Å². The molecule has 0 saturated carbocycles. The molecule has 1 N–H and O–H groups in total. The third kappa shape index (κ3) is 5.39. The highest BCUT2D eigenvalue weighted by atomic mass is 35.5. The van der Waals surface area contributed by atoms with E-state index >= 15 is 0 Å². The van der Waals surface area contributed by atoms with Gasteiger partial charge in [0.05, 0.1) is 30.1 Å². The zero-order valence-corrected chi connectivity index (χ0v) is 18.2. The van der Waals surface area contributed by atoms with Gasteiger partial charge in [-0.1, -0.05) is 29.8 Å². The van der Waals surface area contributed by atoms with Crippen molar-refractivity contribution in [3.8, 4) is 5.75 Å². The van der Waals surface area contributed by atoms with Gasteiger partial charge in [0.2, 0.25) is 15.9 Å². The highest BCUT2D eigenvalue weighted by Crippen LogP contribution is 2.30. The van der Waals surface area contributed by atoms with E-state index in [1.807, 2.05) is 39.0 Å². The zero-order chi connectivity index (χ0) is 21.1. The molecule has 8 heteroatoms. The molecule has 0 heterocycles. The number of ether oxygens (including phenoxy) is 1. The Bertz CT molecular complexity index is 976. The summed E-state index contributed by atoms with van der Waals surface area (Å²) in [6.45, 7) is 5.53. The third-order valence-corrected chi connectivity index (χ3v) is 5.96. The summed E-state index contributed by atoms with van der Waals surface area (Å²) in [5.41, 5.74) is 3.54. The minimum Gasteiger partial charge on any atom is -0.495 e. The molecule has 1 atom stereocenters. The molecule has 6 nitrogen and oxygen atoms in total. The van der Waals surface area contributed by atoms with E-state index in [2.05, 4.69) is 5.32 Å². The second-order valence-corrected chi connectivity index (χ2v) is 9.04. The number of anilines is 1. The molecular formula is C20H25ClN2O4S. The smallest absolute Gasteiger partial charge is 0.241 e. The molecule has 0 aliphatic rings. The predicted octanol–water partition coefficient (Wildman–Crippen LogP) is 3.61. The molecule has 0 aromatic heterocycles. The van der Waals surface area contributed by atoms with Gasteiger partial charge in [-0.3, -0.25) is 9.10 Å². The molecule has 28 heavy (non-hydrogen) atoms. The van der Waals surface area contributed by atoms with Crippen LogP contribution < -0.4 is 14.4 Å². The molecule has 0 radical (unpaired) electrons. The summed E-state index contributed by atoms with van der Waals surface area (Å²) in [5, 5.41) is 3.11. The summed E-state index contributed by atoms with van der Waals surface area (Å²) < 4.78 is 30.6. The van der Waals surface area contributed by atoms with Gasteiger partial charge in [0.1, 0.15) is 12.3 Å². The van der Waals surface area contributed by atoms with Crippen molar-refractivity contribution in [1.82, 2.24) is 5.32 Å². The molecule has 0 spiro atoms. The largest absolute Gasteiger partial charge is 0.495 e. The van der Waals surface area contributed by atoms with Crippen LogP contribution >= 0.6 is 11.6 Å². The summed E-state index contributed by atoms with van der Waals surface area (Å²) in [6, 6.07) is 10.3. The van der Waals surface area contributed by atoms with Crippen LogP contribution in [-0.2, 0) is 14.8 Å². The van der Waals surface area contributed by atoms with Crippen molar-refractivity contribution >= 4 is 33.2 Å². The number of hydrogen-bond acceptors (Lipinski definition) is 4. The van der Waals surface area contributed by atoms with Gasteiger partial charge >= 0.3 is 0 Å². The number of nitrogens with one attached hydrogen (secondary N) is 1. The quantitative estimate of drug-likeness (QED) is 0.736. The second-order valence-electron chi connectivity index (χ2n) is 6.72. The molecule has 0 bridgehead atoms. The Morgan fingerprint density at radius 2 is 1.86 bits per heavy atom. The standard InChI is InChI=1S/C20H25ClN2O4S/c1-13-6-7-16(10-14(13)2)15(3)22-20(24)12-23(28(5,25)26)17-8-9-19(27-4)18(21)11-17/h6-11,15H,12H2,1-5H3,(H,22,24)/t15-/m1/s1. The van der Waals surface area contributed by atoms with E-state index in [-0.39, 0.29) is 17.6 Å². The molecule has 0 fully saturated rings. The van der Waals surface area contributed by atoms with Crippen LogP contribution in [0.25, 0.3) is 0 Å². The van der Waals surface area contributed by atoms with E-state index in [0.717, 1.165) is 21.7 Å². The normalized spacial score (nSPS) is 12.4. The van der Waals surface area contributed by atoms with Crippen LogP contribution in [0.4, 0.5) is 5.69 Å². The number of benzene rings is 2. The highest BCUT2D eigenvalue weighted by Gasteiger charge is 2.23. The van der Waals surface area contributed by atoms with E-state index < -0.39 is 15.9 Å². The number of amides is 1. The van der Waals surface area contributed by atoms with Gasteiger partial charge < -0.3 is 10.1 Å². The minimum absolute atomic E-state index is 0.257. The van der Waals surface area contributed by atoms with E-state index in [4.69, 9.17) is 16.3 Å². The number of aryl methyl sites for hydroxylation is 2. The summed E-state index contributed by atoms with van der Waals surface area (Å²) in [4.78, 5) is 12.5. The average Bonchev–Trinajstić information content (AvgIpc) is 2.61. The average molecular weight is 425 g/mol. The fraction of sp³-hybridized carbons (Fsp3) is 0.350. The molecule has 0 saturated heterocycles. The first kappa shape index (κ1) is 22.0. The second kappa shape index (κ2) is 8.84. The lowest BCUT2D eigenvalue weighted by Crippen LogP contribution is -2.41. The van der Waals surface area contributed by atoms with Crippen molar-refractivity contribution in [3.05, 3.63) is 58.1 Å². The third-order valence-electron chi connectivity index (χ3n) is 4.52. The monoisotopic (exact) mass is 424 g/mol. The Hall–Kier alpha value is -2.25. The SMILES string of the molecule is COc1ccc(N(CC(=O)N[C@H](C)c2ccc(C)c(C)c2)S(C)(=O)=O)cc1Cl. The Morgan fingerprint density at radius 1 is 1.18 bits per heavy atom. The van der Waals surface area contributed by atoms with Crippen molar-refractivity contribution < 1.29 is 17.9 Å². The van der Waals surface area contributed by atoms with Crippen molar-refractivity contribution in [2.45, 2.75) is 26.8 Å². The van der Waals surface area contributed by atoms with E-state index in [0.29, 0.717) is 11.4 Å². The molecular weight excluding hydrogens is 400 g/mol. The lowest BCUT2D eigenvalue weighted by Gasteiger charge is -2.24. The van der Waals surface area contributed by atoms with E-state index in [1.54, 1.807) is 12.1 Å². The first-order valence-electron chi connectivity index (χ1n) is 8.70. The first-order chi connectivity index (χ1) is 13.0. The van der Waals surface area contributed by atoms with Crippen molar-refractivity contribution in [2.75, 3.05) is 24.2 Å². The Balaban J connectivity index is 2.19.